The number of fused-ring (bicyclic) bond motifs is 1. The molecule has 0 bridgehead atoms. The molecule has 2 heteroatoms. The van der Waals surface area contributed by atoms with E-state index in [0.29, 0.717) is 5.92 Å². The maximum absolute atomic E-state index is 4.84. The monoisotopic (exact) mass is 256 g/mol. The molecule has 102 valence electrons. The van der Waals surface area contributed by atoms with Crippen molar-refractivity contribution in [1.29, 1.82) is 0 Å². The van der Waals surface area contributed by atoms with Crippen LogP contribution < -0.4 is 5.32 Å². The van der Waals surface area contributed by atoms with E-state index in [1.54, 1.807) is 0 Å². The molecule has 1 aromatic heterocycles. The maximum Gasteiger partial charge on any atom is 0.0760 e. The predicted molar refractivity (Wildman–Crippen MR) is 84.0 cm³/mol. The Morgan fingerprint density at radius 3 is 2.63 bits per heavy atom. The molecule has 2 nitrogen and oxygen atoms in total. The second-order valence-corrected chi connectivity index (χ2v) is 5.34. The minimum Gasteiger partial charge on any atom is -0.384 e. The summed E-state index contributed by atoms with van der Waals surface area (Å²) in [5, 5.41) is 4.79. The number of hydrogen-bond donors (Lipinski definition) is 1. The van der Waals surface area contributed by atoms with Gasteiger partial charge in [0, 0.05) is 23.3 Å². The van der Waals surface area contributed by atoms with Crippen molar-refractivity contribution in [2.24, 2.45) is 0 Å². The quantitative estimate of drug-likeness (QED) is 0.835. The highest BCUT2D eigenvalue weighted by molar-refractivity contribution is 5.93. The zero-order valence-corrected chi connectivity index (χ0v) is 12.5. The Morgan fingerprint density at radius 1 is 1.21 bits per heavy atom. The number of nitrogens with one attached hydrogen (secondary N) is 1. The fourth-order valence-electron chi connectivity index (χ4n) is 2.38. The molecule has 0 aliphatic carbocycles. The van der Waals surface area contributed by atoms with Gasteiger partial charge >= 0.3 is 0 Å². The molecular weight excluding hydrogens is 232 g/mol. The van der Waals surface area contributed by atoms with E-state index in [-0.39, 0.29) is 0 Å². The molecule has 0 spiro atoms. The molecule has 0 saturated carbocycles. The smallest absolute Gasteiger partial charge is 0.0760 e. The summed E-state index contributed by atoms with van der Waals surface area (Å²) in [6.45, 7) is 9.82. The van der Waals surface area contributed by atoms with E-state index < -0.39 is 0 Å². The van der Waals surface area contributed by atoms with Crippen molar-refractivity contribution >= 4 is 16.6 Å². The van der Waals surface area contributed by atoms with Gasteiger partial charge in [0.25, 0.3) is 0 Å². The van der Waals surface area contributed by atoms with E-state index in [9.17, 15) is 0 Å². The van der Waals surface area contributed by atoms with Gasteiger partial charge < -0.3 is 5.32 Å². The van der Waals surface area contributed by atoms with Crippen LogP contribution in [0.5, 0.6) is 0 Å². The molecule has 0 amide bonds. The van der Waals surface area contributed by atoms with Crippen molar-refractivity contribution in [3.05, 3.63) is 35.5 Å². The summed E-state index contributed by atoms with van der Waals surface area (Å²) in [6.07, 6.45) is 2.11. The number of aromatic nitrogens is 1. The van der Waals surface area contributed by atoms with Crippen molar-refractivity contribution in [3.63, 3.8) is 0 Å². The number of para-hydroxylation sites is 1. The zero-order chi connectivity index (χ0) is 13.8. The Labute approximate surface area is 116 Å². The maximum atomic E-state index is 4.84. The lowest BCUT2D eigenvalue weighted by molar-refractivity contribution is 0.870. The molecule has 0 unspecified atom stereocenters. The lowest BCUT2D eigenvalue weighted by atomic mass is 9.98. The molecule has 0 aliphatic heterocycles. The minimum atomic E-state index is 0.502. The van der Waals surface area contributed by atoms with Gasteiger partial charge in [-0.15, -0.1) is 0 Å². The Bertz CT molecular complexity index is 558. The van der Waals surface area contributed by atoms with Crippen LogP contribution in [0.15, 0.2) is 24.3 Å². The SMILES string of the molecule is CCCNc1cc(CC)nc2c(C(C)C)cccc12. The first-order valence-corrected chi connectivity index (χ1v) is 7.33. The Balaban J connectivity index is 2.63. The van der Waals surface area contributed by atoms with Gasteiger partial charge in [0.15, 0.2) is 0 Å². The Kier molecular flexibility index (Phi) is 4.41. The molecule has 2 aromatic rings. The molecule has 1 N–H and O–H groups in total. The Hall–Kier alpha value is -1.57. The van der Waals surface area contributed by atoms with Crippen LogP contribution in [0.3, 0.4) is 0 Å². The Morgan fingerprint density at radius 2 is 2.00 bits per heavy atom. The lowest BCUT2D eigenvalue weighted by Crippen LogP contribution is -2.04. The van der Waals surface area contributed by atoms with Crippen LogP contribution in [-0.2, 0) is 6.42 Å². The van der Waals surface area contributed by atoms with Gasteiger partial charge in [-0.05, 0) is 30.4 Å². The number of anilines is 1. The molecule has 0 radical (unpaired) electrons. The number of benzene rings is 1. The largest absolute Gasteiger partial charge is 0.384 e. The van der Waals surface area contributed by atoms with Gasteiger partial charge in [0.2, 0.25) is 0 Å². The number of aryl methyl sites for hydroxylation is 1. The van der Waals surface area contributed by atoms with Crippen LogP contribution in [0.1, 0.15) is 51.3 Å². The summed E-state index contributed by atoms with van der Waals surface area (Å²) in [5.41, 5.74) is 4.90. The van der Waals surface area contributed by atoms with E-state index in [1.165, 1.54) is 22.3 Å². The van der Waals surface area contributed by atoms with Gasteiger partial charge in [-0.1, -0.05) is 45.9 Å². The first-order chi connectivity index (χ1) is 9.17. The highest BCUT2D eigenvalue weighted by atomic mass is 14.9. The van der Waals surface area contributed by atoms with Gasteiger partial charge in [-0.25, -0.2) is 0 Å². The third-order valence-corrected chi connectivity index (χ3v) is 3.47. The summed E-state index contributed by atoms with van der Waals surface area (Å²) < 4.78 is 0. The van der Waals surface area contributed by atoms with E-state index >= 15 is 0 Å². The predicted octanol–water partition coefficient (Wildman–Crippen LogP) is 4.74. The second kappa shape index (κ2) is 6.05. The van der Waals surface area contributed by atoms with Gasteiger partial charge in [0.1, 0.15) is 0 Å². The van der Waals surface area contributed by atoms with Crippen molar-refractivity contribution in [2.45, 2.75) is 46.5 Å². The normalized spacial score (nSPS) is 11.2. The second-order valence-electron chi connectivity index (χ2n) is 5.34. The van der Waals surface area contributed by atoms with Crippen LogP contribution >= 0.6 is 0 Å². The van der Waals surface area contributed by atoms with E-state index in [1.807, 2.05) is 0 Å². The van der Waals surface area contributed by atoms with Crippen molar-refractivity contribution in [2.75, 3.05) is 11.9 Å². The average Bonchev–Trinajstić information content (AvgIpc) is 2.43. The van der Waals surface area contributed by atoms with Crippen molar-refractivity contribution < 1.29 is 0 Å². The first-order valence-electron chi connectivity index (χ1n) is 7.33. The summed E-state index contributed by atoms with van der Waals surface area (Å²) in [6, 6.07) is 8.71. The molecule has 0 fully saturated rings. The lowest BCUT2D eigenvalue weighted by Gasteiger charge is -2.15. The number of pyridine rings is 1. The van der Waals surface area contributed by atoms with E-state index in [4.69, 9.17) is 4.98 Å². The van der Waals surface area contributed by atoms with E-state index in [0.717, 1.165) is 24.9 Å². The third kappa shape index (κ3) is 2.89. The summed E-state index contributed by atoms with van der Waals surface area (Å²) in [7, 11) is 0. The van der Waals surface area contributed by atoms with Gasteiger partial charge in [0.05, 0.1) is 5.52 Å². The molecular formula is C17H24N2. The number of nitrogens with zero attached hydrogens (tertiary/aromatic N) is 1. The summed E-state index contributed by atoms with van der Waals surface area (Å²) in [5.74, 6) is 0.502. The first kappa shape index (κ1) is 13.9. The molecule has 1 aromatic carbocycles. The fraction of sp³-hybridized carbons (Fsp3) is 0.471. The van der Waals surface area contributed by atoms with Crippen molar-refractivity contribution in [3.8, 4) is 0 Å². The van der Waals surface area contributed by atoms with Crippen LogP contribution in [0, 0.1) is 0 Å². The molecule has 0 atom stereocenters. The highest BCUT2D eigenvalue weighted by Crippen LogP contribution is 2.29. The van der Waals surface area contributed by atoms with Crippen LogP contribution in [-0.4, -0.2) is 11.5 Å². The summed E-state index contributed by atoms with van der Waals surface area (Å²) >= 11 is 0. The molecule has 0 saturated heterocycles. The van der Waals surface area contributed by atoms with Crippen LogP contribution in [0.2, 0.25) is 0 Å². The number of rotatable bonds is 5. The van der Waals surface area contributed by atoms with Gasteiger partial charge in [-0.2, -0.15) is 0 Å². The topological polar surface area (TPSA) is 24.9 Å². The van der Waals surface area contributed by atoms with Crippen LogP contribution in [0.25, 0.3) is 10.9 Å². The molecule has 2 rings (SSSR count). The van der Waals surface area contributed by atoms with E-state index in [2.05, 4.69) is 57.3 Å². The number of hydrogen-bond acceptors (Lipinski definition) is 2. The molecule has 0 aliphatic rings. The molecule has 19 heavy (non-hydrogen) atoms. The molecule has 1 heterocycles. The fourth-order valence-corrected chi connectivity index (χ4v) is 2.38. The minimum absolute atomic E-state index is 0.502. The van der Waals surface area contributed by atoms with Crippen LogP contribution in [0.4, 0.5) is 5.69 Å². The third-order valence-electron chi connectivity index (χ3n) is 3.47. The standard InChI is InChI=1S/C17H24N2/c1-5-10-18-16-11-13(6-2)19-17-14(12(3)4)8-7-9-15(16)17/h7-9,11-12H,5-6,10H2,1-4H3,(H,18,19). The average molecular weight is 256 g/mol. The van der Waals surface area contributed by atoms with Gasteiger partial charge in [-0.3, -0.25) is 4.98 Å². The zero-order valence-electron chi connectivity index (χ0n) is 12.5. The summed E-state index contributed by atoms with van der Waals surface area (Å²) in [4.78, 5) is 4.84. The highest BCUT2D eigenvalue weighted by Gasteiger charge is 2.10. The van der Waals surface area contributed by atoms with Crippen molar-refractivity contribution in [1.82, 2.24) is 4.98 Å².